The van der Waals surface area contributed by atoms with Gasteiger partial charge in [0.25, 0.3) is 0 Å². The van der Waals surface area contributed by atoms with Crippen LogP contribution in [0.25, 0.3) is 5.69 Å². The SMILES string of the molecule is C.C#CCNC(=O)CCCC(=O)NCCCC[C@@H]1NC(=O)[C@H](Cc2ccccc2)NC(=O)[C@@H](CC(=O)O)NC(=O)CNC(=O)[C@H](CCCN=C(N)N)NC1=O.CCc1ccc(O)c(-n2[nH]c(=O)n(C)c2=O)c1. The van der Waals surface area contributed by atoms with E-state index in [1.165, 1.54) is 13.1 Å². The number of benzene rings is 2. The molecule has 14 N–H and O–H groups in total. The van der Waals surface area contributed by atoms with Gasteiger partial charge in [-0.05, 0) is 68.2 Å². The van der Waals surface area contributed by atoms with Gasteiger partial charge in [-0.3, -0.25) is 43.3 Å². The van der Waals surface area contributed by atoms with Crippen LogP contribution in [0.1, 0.15) is 83.3 Å². The minimum atomic E-state index is -1.60. The third kappa shape index (κ3) is 20.7. The maximum atomic E-state index is 13.8. The van der Waals surface area contributed by atoms with E-state index in [1.807, 2.05) is 6.92 Å². The Morgan fingerprint density at radius 2 is 1.40 bits per heavy atom. The van der Waals surface area contributed by atoms with Crippen LogP contribution in [0.3, 0.4) is 0 Å². The van der Waals surface area contributed by atoms with Crippen LogP contribution >= 0.6 is 0 Å². The van der Waals surface area contributed by atoms with Crippen LogP contribution < -0.4 is 60.1 Å². The number of aliphatic carboxylic acids is 1. The Hall–Kier alpha value is -8.43. The Balaban J connectivity index is 0.000000823. The average Bonchev–Trinajstić information content (AvgIpc) is 3.59. The average molecular weight is 1010 g/mol. The van der Waals surface area contributed by atoms with E-state index in [1.54, 1.807) is 42.5 Å². The van der Waals surface area contributed by atoms with Gasteiger partial charge in [-0.25, -0.2) is 19.3 Å². The standard InChI is InChI=1S/C35H50N10O9.C11H13N3O3.CH4/c1-2-16-38-27(46)14-8-15-28(47)39-17-7-6-12-24-32(52)43-23(13-9-18-40-35(36)37)31(51)41-21-29(48)42-26(20-30(49)50)34(54)45-25(33(53)44-24)19-22-10-4-3-5-11-22;1-3-7-4-5-9(15)8(6-7)14-11(17)13(2)10(16)12-14;/h1,3-5,10-11,23-26H,6-9,12-21H2,(H,38,46)(H,39,47)(H,41,51)(H,42,48)(H,43,52)(H,44,53)(H,45,54)(H,49,50)(H4,36,37,40);4-6,15H,3H2,1-2H3,(H,12,16);1H4/t23-,24-,25-,26+;;/m0../s1. The smallest absolute Gasteiger partial charge is 0.351 e. The fourth-order valence-corrected chi connectivity index (χ4v) is 6.86. The first-order valence-electron chi connectivity index (χ1n) is 22.8. The van der Waals surface area contributed by atoms with Gasteiger partial charge >= 0.3 is 17.3 Å². The summed E-state index contributed by atoms with van der Waals surface area (Å²) in [7, 11) is 1.37. The molecule has 4 atom stereocenters. The number of carbonyl (C=O) groups excluding carboxylic acids is 7. The highest BCUT2D eigenvalue weighted by Crippen LogP contribution is 2.21. The van der Waals surface area contributed by atoms with Crippen LogP contribution in [0, 0.1) is 12.3 Å². The zero-order valence-corrected chi connectivity index (χ0v) is 39.6. The summed E-state index contributed by atoms with van der Waals surface area (Å²) in [5.41, 5.74) is 11.6. The normalized spacial score (nSPS) is 17.2. The highest BCUT2D eigenvalue weighted by atomic mass is 16.4. The molecule has 1 aromatic heterocycles. The first-order chi connectivity index (χ1) is 33.8. The van der Waals surface area contributed by atoms with Crippen LogP contribution in [0.5, 0.6) is 5.75 Å². The molecule has 0 aliphatic carbocycles. The third-order valence-corrected chi connectivity index (χ3v) is 10.7. The predicted octanol–water partition coefficient (Wildman–Crippen LogP) is -2.20. The Kier molecular flexibility index (Phi) is 25.6. The van der Waals surface area contributed by atoms with Gasteiger partial charge in [0.1, 0.15) is 35.6 Å². The second-order valence-corrected chi connectivity index (χ2v) is 16.2. The van der Waals surface area contributed by atoms with E-state index in [2.05, 4.69) is 53.2 Å². The fourth-order valence-electron chi connectivity index (χ4n) is 6.86. The van der Waals surface area contributed by atoms with Crippen molar-refractivity contribution in [3.63, 3.8) is 0 Å². The molecule has 0 saturated carbocycles. The van der Waals surface area contributed by atoms with Gasteiger partial charge < -0.3 is 58.9 Å². The second-order valence-electron chi connectivity index (χ2n) is 16.2. The number of aromatic amines is 1. The number of guanidine groups is 1. The van der Waals surface area contributed by atoms with Crippen molar-refractivity contribution in [2.75, 3.05) is 26.2 Å². The van der Waals surface area contributed by atoms with E-state index < -0.39 is 84.0 Å². The number of terminal acetylenes is 1. The number of aryl methyl sites for hydroxylation is 1. The van der Waals surface area contributed by atoms with Gasteiger partial charge in [0.15, 0.2) is 5.96 Å². The summed E-state index contributed by atoms with van der Waals surface area (Å²) in [5.74, 6) is -4.00. The zero-order chi connectivity index (χ0) is 52.5. The van der Waals surface area contributed by atoms with Crippen molar-refractivity contribution in [1.29, 1.82) is 0 Å². The largest absolute Gasteiger partial charge is 0.506 e. The van der Waals surface area contributed by atoms with Gasteiger partial charge in [0.05, 0.1) is 19.5 Å². The lowest BCUT2D eigenvalue weighted by Gasteiger charge is -2.26. The van der Waals surface area contributed by atoms with Gasteiger partial charge in [-0.2, -0.15) is 4.68 Å². The molecule has 72 heavy (non-hydrogen) atoms. The number of rotatable bonds is 20. The van der Waals surface area contributed by atoms with Crippen molar-refractivity contribution in [1.82, 2.24) is 51.6 Å². The molecule has 1 saturated heterocycles. The molecule has 7 amide bonds. The van der Waals surface area contributed by atoms with Crippen LogP contribution in [0.4, 0.5) is 0 Å². The van der Waals surface area contributed by atoms with E-state index in [-0.39, 0.29) is 94.8 Å². The van der Waals surface area contributed by atoms with E-state index in [4.69, 9.17) is 17.9 Å². The number of aromatic hydroxyl groups is 1. The van der Waals surface area contributed by atoms with Gasteiger partial charge in [-0.1, -0.05) is 56.7 Å². The quantitative estimate of drug-likeness (QED) is 0.0248. The van der Waals surface area contributed by atoms with Crippen LogP contribution in [0.2, 0.25) is 0 Å². The molecule has 392 valence electrons. The Labute approximate surface area is 415 Å². The summed E-state index contributed by atoms with van der Waals surface area (Å²) < 4.78 is 1.98. The predicted molar refractivity (Wildman–Crippen MR) is 265 cm³/mol. The van der Waals surface area contributed by atoms with E-state index in [0.29, 0.717) is 24.8 Å². The molecule has 0 bridgehead atoms. The number of hydrogen-bond donors (Lipinski definition) is 12. The van der Waals surface area contributed by atoms with Gasteiger partial charge in [0, 0.05) is 39.4 Å². The monoisotopic (exact) mass is 1010 g/mol. The molecule has 2 aromatic carbocycles. The van der Waals surface area contributed by atoms with Gasteiger partial charge in [0.2, 0.25) is 41.4 Å². The molecule has 0 radical (unpaired) electrons. The van der Waals surface area contributed by atoms with Crippen molar-refractivity contribution in [2.24, 2.45) is 23.5 Å². The molecule has 1 fully saturated rings. The van der Waals surface area contributed by atoms with Crippen LogP contribution in [-0.4, -0.2) is 128 Å². The van der Waals surface area contributed by atoms with Crippen molar-refractivity contribution in [2.45, 2.75) is 109 Å². The highest BCUT2D eigenvalue weighted by Gasteiger charge is 2.33. The number of carboxylic acid groups (broad SMARTS) is 1. The molecule has 1 aliphatic rings. The molecule has 0 spiro atoms. The number of unbranched alkanes of at least 4 members (excludes halogenated alkanes) is 1. The minimum absolute atomic E-state index is 0. The van der Waals surface area contributed by atoms with Crippen molar-refractivity contribution >= 4 is 53.3 Å². The Morgan fingerprint density at radius 3 is 2.01 bits per heavy atom. The number of amides is 7. The first-order valence-corrected chi connectivity index (χ1v) is 22.8. The molecule has 25 nitrogen and oxygen atoms in total. The van der Waals surface area contributed by atoms with E-state index >= 15 is 0 Å². The maximum absolute atomic E-state index is 13.8. The molecular formula is C47H67N13O12. The second kappa shape index (κ2) is 30.9. The molecule has 4 rings (SSSR count). The number of nitrogens with one attached hydrogen (secondary N) is 8. The molecule has 25 heteroatoms. The molecule has 0 unspecified atom stereocenters. The number of carbonyl (C=O) groups is 8. The van der Waals surface area contributed by atoms with Crippen molar-refractivity contribution in [3.8, 4) is 23.8 Å². The van der Waals surface area contributed by atoms with Crippen LogP contribution in [-0.2, 0) is 58.2 Å². The molecular weight excluding hydrogens is 939 g/mol. The lowest BCUT2D eigenvalue weighted by Crippen LogP contribution is -2.58. The topological polar surface area (TPSA) is 385 Å². The Bertz CT molecular complexity index is 2530. The summed E-state index contributed by atoms with van der Waals surface area (Å²) in [6.07, 6.45) is 6.63. The minimum Gasteiger partial charge on any atom is -0.506 e. The first kappa shape index (κ1) is 59.7. The Morgan fingerprint density at radius 1 is 0.792 bits per heavy atom. The molecule has 1 aliphatic heterocycles. The number of nitrogens with two attached hydrogens (primary N) is 2. The summed E-state index contributed by atoms with van der Waals surface area (Å²) in [5, 5.41) is 39.3. The van der Waals surface area contributed by atoms with Crippen LogP contribution in [0.15, 0.2) is 63.1 Å². The van der Waals surface area contributed by atoms with E-state index in [0.717, 1.165) is 21.2 Å². The lowest BCUT2D eigenvalue weighted by molar-refractivity contribution is -0.141. The number of aromatic nitrogens is 3. The molecule has 2 heterocycles. The number of nitrogens with zero attached hydrogens (tertiary/aromatic N) is 3. The van der Waals surface area contributed by atoms with Crippen molar-refractivity contribution < 1.29 is 48.6 Å². The highest BCUT2D eigenvalue weighted by molar-refractivity contribution is 5.98. The third-order valence-electron chi connectivity index (χ3n) is 10.7. The number of carboxylic acids is 1. The zero-order valence-electron chi connectivity index (χ0n) is 39.6. The summed E-state index contributed by atoms with van der Waals surface area (Å²) >= 11 is 0. The van der Waals surface area contributed by atoms with Gasteiger partial charge in [-0.15, -0.1) is 6.42 Å². The molecule has 3 aromatic rings. The summed E-state index contributed by atoms with van der Waals surface area (Å²) in [4.78, 5) is 129. The number of aliphatic imine (C=N–C) groups is 1. The fraction of sp³-hybridized carbons (Fsp3) is 0.468. The summed E-state index contributed by atoms with van der Waals surface area (Å²) in [6.45, 7) is 1.78. The lowest BCUT2D eigenvalue weighted by atomic mass is 10.0. The van der Waals surface area contributed by atoms with Crippen molar-refractivity contribution in [3.05, 3.63) is 80.6 Å². The number of phenols is 1. The number of hydrogen-bond acceptors (Lipinski definition) is 12. The number of H-pyrrole nitrogens is 1. The summed E-state index contributed by atoms with van der Waals surface area (Å²) in [6, 6.07) is 8.23. The maximum Gasteiger partial charge on any atom is 0.351 e. The number of phenolic OH excluding ortho intramolecular Hbond substituents is 1. The van der Waals surface area contributed by atoms with E-state index in [9.17, 15) is 58.2 Å².